The van der Waals surface area contributed by atoms with E-state index in [0.29, 0.717) is 27.9 Å². The van der Waals surface area contributed by atoms with Crippen molar-refractivity contribution in [1.29, 1.82) is 0 Å². The number of likely N-dealkylation sites (tertiary alicyclic amines) is 1. The summed E-state index contributed by atoms with van der Waals surface area (Å²) < 4.78 is 15.8. The lowest BCUT2D eigenvalue weighted by molar-refractivity contribution is 0.0740. The van der Waals surface area contributed by atoms with Gasteiger partial charge in [-0.1, -0.05) is 6.07 Å². The molecule has 8 heteroatoms. The molecule has 1 aliphatic rings. The van der Waals surface area contributed by atoms with Crippen molar-refractivity contribution in [3.63, 3.8) is 0 Å². The maximum atomic E-state index is 13.2. The summed E-state index contributed by atoms with van der Waals surface area (Å²) in [5.74, 6) is 1.14. The average Bonchev–Trinajstić information content (AvgIpc) is 3.54. The molecule has 1 unspecified atom stereocenters. The van der Waals surface area contributed by atoms with E-state index < -0.39 is 0 Å². The lowest BCUT2D eigenvalue weighted by Crippen LogP contribution is -2.30. The van der Waals surface area contributed by atoms with Crippen LogP contribution >= 0.6 is 11.3 Å². The van der Waals surface area contributed by atoms with Gasteiger partial charge in [-0.25, -0.2) is 0 Å². The standard InChI is InChI=1S/C22H22N2O5S/c1-27-16-8-7-14(13-18(16)28-2)15-5-3-11-24(15)22(26)19-9-10-20(30-19)23-21(25)17-6-4-12-29-17/h4,6-10,12-13,15H,3,5,11H2,1-2H3,(H,23,25). The number of amides is 2. The van der Waals surface area contributed by atoms with E-state index in [1.54, 1.807) is 38.5 Å². The van der Waals surface area contributed by atoms with E-state index in [1.807, 2.05) is 23.1 Å². The van der Waals surface area contributed by atoms with Crippen molar-refractivity contribution >= 4 is 28.2 Å². The van der Waals surface area contributed by atoms with Crippen molar-refractivity contribution < 1.29 is 23.5 Å². The van der Waals surface area contributed by atoms with Gasteiger partial charge in [-0.3, -0.25) is 9.59 Å². The molecular formula is C22H22N2O5S. The Morgan fingerprint density at radius 1 is 1.13 bits per heavy atom. The number of furan rings is 1. The fourth-order valence-corrected chi connectivity index (χ4v) is 4.52. The summed E-state index contributed by atoms with van der Waals surface area (Å²) in [6, 6.07) is 12.5. The fraction of sp³-hybridized carbons (Fsp3) is 0.273. The smallest absolute Gasteiger partial charge is 0.291 e. The van der Waals surface area contributed by atoms with E-state index in [4.69, 9.17) is 13.9 Å². The molecule has 30 heavy (non-hydrogen) atoms. The SMILES string of the molecule is COc1ccc(C2CCCN2C(=O)c2ccc(NC(=O)c3ccco3)s2)cc1OC. The summed E-state index contributed by atoms with van der Waals surface area (Å²) in [4.78, 5) is 27.8. The number of methoxy groups -OCH3 is 2. The van der Waals surface area contributed by atoms with Crippen molar-refractivity contribution in [2.75, 3.05) is 26.1 Å². The van der Waals surface area contributed by atoms with E-state index >= 15 is 0 Å². The molecule has 4 rings (SSSR count). The Morgan fingerprint density at radius 2 is 1.97 bits per heavy atom. The largest absolute Gasteiger partial charge is 0.493 e. The van der Waals surface area contributed by atoms with Gasteiger partial charge in [-0.2, -0.15) is 0 Å². The lowest BCUT2D eigenvalue weighted by Gasteiger charge is -2.25. The number of nitrogens with one attached hydrogen (secondary N) is 1. The summed E-state index contributed by atoms with van der Waals surface area (Å²) in [5, 5.41) is 3.36. The highest BCUT2D eigenvalue weighted by Crippen LogP contribution is 2.38. The van der Waals surface area contributed by atoms with Crippen LogP contribution in [0.25, 0.3) is 0 Å². The van der Waals surface area contributed by atoms with Crippen LogP contribution in [0.15, 0.2) is 53.1 Å². The fourth-order valence-electron chi connectivity index (χ4n) is 3.66. The third-order valence-corrected chi connectivity index (χ3v) is 6.09. The van der Waals surface area contributed by atoms with Crippen molar-refractivity contribution in [2.45, 2.75) is 18.9 Å². The third-order valence-electron chi connectivity index (χ3n) is 5.10. The van der Waals surface area contributed by atoms with Crippen LogP contribution < -0.4 is 14.8 Å². The van der Waals surface area contributed by atoms with Crippen LogP contribution in [0.1, 0.15) is 44.7 Å². The van der Waals surface area contributed by atoms with Gasteiger partial charge in [0, 0.05) is 6.54 Å². The third kappa shape index (κ3) is 3.91. The molecule has 156 valence electrons. The predicted molar refractivity (Wildman–Crippen MR) is 114 cm³/mol. The highest BCUT2D eigenvalue weighted by atomic mass is 32.1. The number of carbonyl (C=O) groups is 2. The van der Waals surface area contributed by atoms with Gasteiger partial charge >= 0.3 is 0 Å². The minimum absolute atomic E-state index is 0.0273. The lowest BCUT2D eigenvalue weighted by atomic mass is 10.0. The highest BCUT2D eigenvalue weighted by Gasteiger charge is 2.32. The van der Waals surface area contributed by atoms with Gasteiger partial charge in [0.25, 0.3) is 11.8 Å². The summed E-state index contributed by atoms with van der Waals surface area (Å²) in [6.07, 6.45) is 3.26. The second-order valence-corrected chi connectivity index (χ2v) is 7.95. The molecule has 3 aromatic rings. The Bertz CT molecular complexity index is 1040. The van der Waals surface area contributed by atoms with Crippen molar-refractivity contribution in [3.8, 4) is 11.5 Å². The first-order valence-corrected chi connectivity index (χ1v) is 10.4. The van der Waals surface area contributed by atoms with E-state index in [1.165, 1.54) is 17.6 Å². The molecule has 1 aliphatic heterocycles. The molecule has 1 saturated heterocycles. The first-order valence-electron chi connectivity index (χ1n) is 9.58. The van der Waals surface area contributed by atoms with Gasteiger partial charge in [-0.05, 0) is 54.8 Å². The Morgan fingerprint density at radius 3 is 2.70 bits per heavy atom. The summed E-state index contributed by atoms with van der Waals surface area (Å²) in [5.41, 5.74) is 1.02. The number of ether oxygens (including phenoxy) is 2. The topological polar surface area (TPSA) is 81.0 Å². The molecular weight excluding hydrogens is 404 g/mol. The van der Waals surface area contributed by atoms with Crippen LogP contribution in [-0.2, 0) is 0 Å². The van der Waals surface area contributed by atoms with Gasteiger partial charge in [0.2, 0.25) is 0 Å². The Balaban J connectivity index is 1.50. The first kappa shape index (κ1) is 20.0. The molecule has 2 amide bonds. The molecule has 1 N–H and O–H groups in total. The molecule has 1 aromatic carbocycles. The molecule has 1 fully saturated rings. The molecule has 1 atom stereocenters. The number of nitrogens with zero attached hydrogens (tertiary/aromatic N) is 1. The molecule has 3 heterocycles. The van der Waals surface area contributed by atoms with Crippen molar-refractivity contribution in [2.24, 2.45) is 0 Å². The Labute approximate surface area is 178 Å². The molecule has 0 radical (unpaired) electrons. The van der Waals surface area contributed by atoms with E-state index in [9.17, 15) is 9.59 Å². The van der Waals surface area contributed by atoms with Crippen molar-refractivity contribution in [3.05, 3.63) is 64.9 Å². The predicted octanol–water partition coefficient (Wildman–Crippen LogP) is 4.59. The second kappa shape index (κ2) is 8.62. The molecule has 0 spiro atoms. The minimum Gasteiger partial charge on any atom is -0.493 e. The maximum absolute atomic E-state index is 13.2. The van der Waals surface area contributed by atoms with Crippen LogP contribution in [0.4, 0.5) is 5.00 Å². The van der Waals surface area contributed by atoms with Crippen LogP contribution in [0.5, 0.6) is 11.5 Å². The Hall–Kier alpha value is -3.26. The number of rotatable bonds is 6. The molecule has 7 nitrogen and oxygen atoms in total. The van der Waals surface area contributed by atoms with Crippen LogP contribution in [0.2, 0.25) is 0 Å². The van der Waals surface area contributed by atoms with Crippen LogP contribution in [0, 0.1) is 0 Å². The number of thiophene rings is 1. The summed E-state index contributed by atoms with van der Waals surface area (Å²) >= 11 is 1.25. The number of hydrogen-bond donors (Lipinski definition) is 1. The molecule has 0 saturated carbocycles. The minimum atomic E-state index is -0.342. The molecule has 0 aliphatic carbocycles. The van der Waals surface area contributed by atoms with E-state index in [2.05, 4.69) is 5.32 Å². The van der Waals surface area contributed by atoms with Crippen LogP contribution in [-0.4, -0.2) is 37.5 Å². The average molecular weight is 426 g/mol. The number of anilines is 1. The van der Waals surface area contributed by atoms with E-state index in [-0.39, 0.29) is 23.6 Å². The zero-order valence-electron chi connectivity index (χ0n) is 16.7. The van der Waals surface area contributed by atoms with Gasteiger partial charge in [0.05, 0.1) is 36.4 Å². The van der Waals surface area contributed by atoms with Crippen molar-refractivity contribution in [1.82, 2.24) is 4.90 Å². The Kier molecular flexibility index (Phi) is 5.76. The second-order valence-electron chi connectivity index (χ2n) is 6.87. The van der Waals surface area contributed by atoms with Crippen LogP contribution in [0.3, 0.4) is 0 Å². The summed E-state index contributed by atoms with van der Waals surface area (Å²) in [6.45, 7) is 0.684. The quantitative estimate of drug-likeness (QED) is 0.624. The molecule has 0 bridgehead atoms. The highest BCUT2D eigenvalue weighted by molar-refractivity contribution is 7.18. The monoisotopic (exact) mass is 426 g/mol. The maximum Gasteiger partial charge on any atom is 0.291 e. The van der Waals surface area contributed by atoms with Gasteiger partial charge in [0.1, 0.15) is 0 Å². The number of benzene rings is 1. The normalized spacial score (nSPS) is 15.8. The number of carbonyl (C=O) groups excluding carboxylic acids is 2. The van der Waals surface area contributed by atoms with Gasteiger partial charge in [0.15, 0.2) is 17.3 Å². The van der Waals surface area contributed by atoms with Gasteiger partial charge in [-0.15, -0.1) is 11.3 Å². The zero-order chi connectivity index (χ0) is 21.1. The molecule has 2 aromatic heterocycles. The number of hydrogen-bond acceptors (Lipinski definition) is 6. The zero-order valence-corrected chi connectivity index (χ0v) is 17.5. The summed E-state index contributed by atoms with van der Waals surface area (Å²) in [7, 11) is 3.20. The van der Waals surface area contributed by atoms with Gasteiger partial charge < -0.3 is 24.1 Å². The van der Waals surface area contributed by atoms with E-state index in [0.717, 1.165) is 18.4 Å². The first-order chi connectivity index (χ1) is 14.6.